The summed E-state index contributed by atoms with van der Waals surface area (Å²) in [6.45, 7) is 0. The molecule has 0 spiro atoms. The fraction of sp³-hybridized carbons (Fsp3) is 0. The van der Waals surface area contributed by atoms with Crippen LogP contribution in [0.2, 0.25) is 5.02 Å². The average molecular weight is 289 g/mol. The minimum Gasteiger partial charge on any atom is -0.380 e. The van der Waals surface area contributed by atoms with Gasteiger partial charge in [-0.1, -0.05) is 47.1 Å². The molecule has 3 rings (SSSR count). The molecular weight excluding hydrogens is 279 g/mol. The van der Waals surface area contributed by atoms with Gasteiger partial charge in [0.1, 0.15) is 5.82 Å². The van der Waals surface area contributed by atoms with Crippen molar-refractivity contribution >= 4 is 17.4 Å². The van der Waals surface area contributed by atoms with Crippen LogP contribution in [0.5, 0.6) is 0 Å². The third kappa shape index (κ3) is 2.14. The van der Waals surface area contributed by atoms with Gasteiger partial charge in [0.05, 0.1) is 10.6 Å². The smallest absolute Gasteiger partial charge is 0.176 e. The zero-order chi connectivity index (χ0) is 14.1. The molecule has 2 N–H and O–H groups in total. The molecule has 3 nitrogen and oxygen atoms in total. The molecule has 0 aliphatic heterocycles. The van der Waals surface area contributed by atoms with Crippen molar-refractivity contribution in [2.24, 2.45) is 0 Å². The summed E-state index contributed by atoms with van der Waals surface area (Å²) >= 11 is 6.09. The monoisotopic (exact) mass is 288 g/mol. The van der Waals surface area contributed by atoms with Crippen molar-refractivity contribution < 1.29 is 8.91 Å². The lowest BCUT2D eigenvalue weighted by atomic mass is 10.0. The number of nitrogens with two attached hydrogens (primary N) is 1. The summed E-state index contributed by atoms with van der Waals surface area (Å²) in [5.41, 5.74) is 7.85. The molecule has 1 heterocycles. The van der Waals surface area contributed by atoms with E-state index in [9.17, 15) is 4.39 Å². The minimum atomic E-state index is -0.407. The standard InChI is InChI=1S/C15H10ClFN2O/c16-12-8-10(17)6-7-11(12)13-14(20-19-15(13)18)9-4-2-1-3-5-9/h1-8H,(H2,18,19). The van der Waals surface area contributed by atoms with Crippen molar-refractivity contribution in [1.29, 1.82) is 0 Å². The van der Waals surface area contributed by atoms with E-state index >= 15 is 0 Å². The summed E-state index contributed by atoms with van der Waals surface area (Å²) in [6, 6.07) is 13.5. The van der Waals surface area contributed by atoms with Gasteiger partial charge >= 0.3 is 0 Å². The van der Waals surface area contributed by atoms with E-state index in [-0.39, 0.29) is 10.8 Å². The Morgan fingerprint density at radius 2 is 1.85 bits per heavy atom. The largest absolute Gasteiger partial charge is 0.380 e. The second kappa shape index (κ2) is 4.98. The zero-order valence-electron chi connectivity index (χ0n) is 10.3. The van der Waals surface area contributed by atoms with Crippen LogP contribution < -0.4 is 5.73 Å². The Morgan fingerprint density at radius 1 is 1.10 bits per heavy atom. The first-order valence-corrected chi connectivity index (χ1v) is 6.30. The third-order valence-corrected chi connectivity index (χ3v) is 3.27. The van der Waals surface area contributed by atoms with E-state index in [0.717, 1.165) is 5.56 Å². The Bertz CT molecular complexity index is 756. The SMILES string of the molecule is Nc1noc(-c2ccccc2)c1-c1ccc(F)cc1Cl. The molecule has 5 heteroatoms. The van der Waals surface area contributed by atoms with Gasteiger partial charge in [0.15, 0.2) is 11.6 Å². The lowest BCUT2D eigenvalue weighted by molar-refractivity contribution is 0.436. The second-order valence-electron chi connectivity index (χ2n) is 4.26. The van der Waals surface area contributed by atoms with Gasteiger partial charge in [-0.05, 0) is 18.2 Å². The number of hydrogen-bond acceptors (Lipinski definition) is 3. The molecule has 3 aromatic rings. The number of rotatable bonds is 2. The Kier molecular flexibility index (Phi) is 3.16. The van der Waals surface area contributed by atoms with Gasteiger partial charge in [-0.25, -0.2) is 4.39 Å². The summed E-state index contributed by atoms with van der Waals surface area (Å²) in [4.78, 5) is 0. The van der Waals surface area contributed by atoms with Crippen molar-refractivity contribution in [3.8, 4) is 22.5 Å². The Balaban J connectivity index is 2.22. The first-order valence-electron chi connectivity index (χ1n) is 5.93. The molecule has 0 aliphatic carbocycles. The maximum Gasteiger partial charge on any atom is 0.176 e. The van der Waals surface area contributed by atoms with Crippen LogP contribution in [-0.4, -0.2) is 5.16 Å². The van der Waals surface area contributed by atoms with E-state index in [1.54, 1.807) is 6.07 Å². The molecule has 0 unspecified atom stereocenters. The number of hydrogen-bond donors (Lipinski definition) is 1. The second-order valence-corrected chi connectivity index (χ2v) is 4.67. The Hall–Kier alpha value is -2.33. The maximum atomic E-state index is 13.2. The number of nitrogen functional groups attached to an aromatic ring is 1. The zero-order valence-corrected chi connectivity index (χ0v) is 11.1. The minimum absolute atomic E-state index is 0.220. The number of aromatic nitrogens is 1. The molecule has 0 amide bonds. The van der Waals surface area contributed by atoms with Crippen LogP contribution in [0.25, 0.3) is 22.5 Å². The van der Waals surface area contributed by atoms with Crippen molar-refractivity contribution in [3.63, 3.8) is 0 Å². The summed E-state index contributed by atoms with van der Waals surface area (Å²) in [5.74, 6) is 0.323. The number of nitrogens with zero attached hydrogens (tertiary/aromatic N) is 1. The van der Waals surface area contributed by atoms with E-state index in [1.165, 1.54) is 12.1 Å². The summed E-state index contributed by atoms with van der Waals surface area (Å²) in [6.07, 6.45) is 0. The van der Waals surface area contributed by atoms with E-state index in [1.807, 2.05) is 30.3 Å². The molecular formula is C15H10ClFN2O. The lowest BCUT2D eigenvalue weighted by Crippen LogP contribution is -1.90. The molecule has 0 bridgehead atoms. The van der Waals surface area contributed by atoms with Crippen molar-refractivity contribution in [2.45, 2.75) is 0 Å². The van der Waals surface area contributed by atoms with Gasteiger partial charge in [0.2, 0.25) is 0 Å². The van der Waals surface area contributed by atoms with Gasteiger partial charge in [-0.2, -0.15) is 0 Å². The fourth-order valence-corrected chi connectivity index (χ4v) is 2.30. The topological polar surface area (TPSA) is 52.0 Å². The van der Waals surface area contributed by atoms with E-state index in [2.05, 4.69) is 5.16 Å². The van der Waals surface area contributed by atoms with Crippen LogP contribution in [0.4, 0.5) is 10.2 Å². The van der Waals surface area contributed by atoms with Gasteiger partial charge in [0.25, 0.3) is 0 Å². The van der Waals surface area contributed by atoms with Crippen LogP contribution in [0.3, 0.4) is 0 Å². The highest BCUT2D eigenvalue weighted by atomic mass is 35.5. The van der Waals surface area contributed by atoms with Crippen molar-refractivity contribution in [1.82, 2.24) is 5.16 Å². The number of anilines is 1. The normalized spacial score (nSPS) is 10.7. The van der Waals surface area contributed by atoms with E-state index < -0.39 is 5.82 Å². The van der Waals surface area contributed by atoms with Crippen LogP contribution in [-0.2, 0) is 0 Å². The van der Waals surface area contributed by atoms with Crippen LogP contribution in [0.1, 0.15) is 0 Å². The molecule has 1 aromatic heterocycles. The predicted molar refractivity (Wildman–Crippen MR) is 76.8 cm³/mol. The van der Waals surface area contributed by atoms with Crippen LogP contribution >= 0.6 is 11.6 Å². The molecule has 0 saturated heterocycles. The highest BCUT2D eigenvalue weighted by Gasteiger charge is 2.19. The van der Waals surface area contributed by atoms with Gasteiger partial charge in [-0.3, -0.25) is 0 Å². The highest BCUT2D eigenvalue weighted by Crippen LogP contribution is 2.39. The highest BCUT2D eigenvalue weighted by molar-refractivity contribution is 6.33. The summed E-state index contributed by atoms with van der Waals surface area (Å²) < 4.78 is 18.5. The molecule has 0 saturated carbocycles. The van der Waals surface area contributed by atoms with Crippen LogP contribution in [0.15, 0.2) is 53.1 Å². The lowest BCUT2D eigenvalue weighted by Gasteiger charge is -2.05. The third-order valence-electron chi connectivity index (χ3n) is 2.95. The van der Waals surface area contributed by atoms with Gasteiger partial charge < -0.3 is 10.3 Å². The van der Waals surface area contributed by atoms with E-state index in [4.69, 9.17) is 21.9 Å². The fourth-order valence-electron chi connectivity index (χ4n) is 2.04. The van der Waals surface area contributed by atoms with Crippen LogP contribution in [0, 0.1) is 5.82 Å². The number of halogens is 2. The molecule has 0 atom stereocenters. The van der Waals surface area contributed by atoms with E-state index in [0.29, 0.717) is 16.9 Å². The quantitative estimate of drug-likeness (QED) is 0.761. The molecule has 100 valence electrons. The molecule has 0 aliphatic rings. The van der Waals surface area contributed by atoms with Gasteiger partial charge in [0, 0.05) is 11.1 Å². The maximum absolute atomic E-state index is 13.2. The summed E-state index contributed by atoms with van der Waals surface area (Å²) in [7, 11) is 0. The first kappa shape index (κ1) is 12.7. The molecule has 0 radical (unpaired) electrons. The summed E-state index contributed by atoms with van der Waals surface area (Å²) in [5, 5.41) is 4.04. The molecule has 0 fully saturated rings. The average Bonchev–Trinajstić information content (AvgIpc) is 2.82. The Morgan fingerprint density at radius 3 is 2.55 bits per heavy atom. The van der Waals surface area contributed by atoms with Gasteiger partial charge in [-0.15, -0.1) is 0 Å². The van der Waals surface area contributed by atoms with Crippen molar-refractivity contribution in [3.05, 3.63) is 59.4 Å². The van der Waals surface area contributed by atoms with Crippen molar-refractivity contribution in [2.75, 3.05) is 5.73 Å². The Labute approximate surface area is 119 Å². The molecule has 20 heavy (non-hydrogen) atoms. The molecule has 2 aromatic carbocycles. The number of benzene rings is 2. The predicted octanol–water partition coefficient (Wildman–Crippen LogP) is 4.38. The first-order chi connectivity index (χ1) is 9.66.